The van der Waals surface area contributed by atoms with Crippen molar-refractivity contribution in [2.24, 2.45) is 5.92 Å². The van der Waals surface area contributed by atoms with E-state index >= 15 is 0 Å². The Balaban J connectivity index is 2.53. The van der Waals surface area contributed by atoms with Crippen molar-refractivity contribution >= 4 is 5.91 Å². The van der Waals surface area contributed by atoms with Crippen LogP contribution in [0.15, 0.2) is 30.3 Å². The van der Waals surface area contributed by atoms with Gasteiger partial charge in [0.05, 0.1) is 6.04 Å². The third kappa shape index (κ3) is 5.43. The van der Waals surface area contributed by atoms with Crippen LogP contribution in [0.3, 0.4) is 0 Å². The Labute approximate surface area is 116 Å². The molecule has 0 fully saturated rings. The third-order valence-electron chi connectivity index (χ3n) is 3.31. The first-order valence-electron chi connectivity index (χ1n) is 7.04. The molecule has 0 aliphatic carbocycles. The zero-order valence-corrected chi connectivity index (χ0v) is 12.4. The zero-order chi connectivity index (χ0) is 14.3. The van der Waals surface area contributed by atoms with Crippen LogP contribution in [-0.2, 0) is 4.79 Å². The van der Waals surface area contributed by atoms with Crippen LogP contribution in [0.4, 0.5) is 0 Å². The summed E-state index contributed by atoms with van der Waals surface area (Å²) < 4.78 is 0. The molecular formula is C16H26N2O. The molecule has 0 heterocycles. The Morgan fingerprint density at radius 2 is 1.79 bits per heavy atom. The Kier molecular flexibility index (Phi) is 6.57. The number of benzene rings is 1. The molecule has 2 N–H and O–H groups in total. The van der Waals surface area contributed by atoms with Gasteiger partial charge in [-0.1, -0.05) is 51.1 Å². The van der Waals surface area contributed by atoms with E-state index in [9.17, 15) is 4.79 Å². The lowest BCUT2D eigenvalue weighted by molar-refractivity contribution is -0.123. The predicted octanol–water partition coefficient (Wildman–Crippen LogP) is 2.54. The van der Waals surface area contributed by atoms with Gasteiger partial charge >= 0.3 is 0 Å². The van der Waals surface area contributed by atoms with Crippen LogP contribution >= 0.6 is 0 Å². The summed E-state index contributed by atoms with van der Waals surface area (Å²) in [5, 5.41) is 6.12. The second-order valence-electron chi connectivity index (χ2n) is 5.52. The van der Waals surface area contributed by atoms with E-state index in [0.29, 0.717) is 11.8 Å². The predicted molar refractivity (Wildman–Crippen MR) is 80.2 cm³/mol. The van der Waals surface area contributed by atoms with E-state index < -0.39 is 0 Å². The highest BCUT2D eigenvalue weighted by Gasteiger charge is 2.18. The van der Waals surface area contributed by atoms with Gasteiger partial charge in [-0.25, -0.2) is 0 Å². The molecule has 0 aromatic heterocycles. The van der Waals surface area contributed by atoms with Crippen molar-refractivity contribution in [1.29, 1.82) is 0 Å². The van der Waals surface area contributed by atoms with E-state index in [1.165, 1.54) is 5.56 Å². The van der Waals surface area contributed by atoms with Gasteiger partial charge in [0.15, 0.2) is 0 Å². The Hall–Kier alpha value is -1.35. The summed E-state index contributed by atoms with van der Waals surface area (Å²) in [6, 6.07) is 10.3. The maximum atomic E-state index is 11.8. The first kappa shape index (κ1) is 15.7. The molecule has 0 aliphatic heterocycles. The van der Waals surface area contributed by atoms with Crippen molar-refractivity contribution in [3.63, 3.8) is 0 Å². The molecule has 1 amide bonds. The topological polar surface area (TPSA) is 41.1 Å². The SMILES string of the molecule is CNC(=O)C(CC(C)C)NCC(C)c1ccccc1. The second-order valence-corrected chi connectivity index (χ2v) is 5.52. The molecule has 2 atom stereocenters. The molecule has 0 radical (unpaired) electrons. The van der Waals surface area contributed by atoms with E-state index in [2.05, 4.69) is 55.7 Å². The maximum Gasteiger partial charge on any atom is 0.236 e. The number of amides is 1. The fraction of sp³-hybridized carbons (Fsp3) is 0.562. The molecule has 0 saturated carbocycles. The van der Waals surface area contributed by atoms with Gasteiger partial charge in [-0.3, -0.25) is 4.79 Å². The van der Waals surface area contributed by atoms with E-state index in [1.807, 2.05) is 6.07 Å². The third-order valence-corrected chi connectivity index (χ3v) is 3.31. The molecule has 0 bridgehead atoms. The number of carbonyl (C=O) groups excluding carboxylic acids is 1. The highest BCUT2D eigenvalue weighted by atomic mass is 16.2. The summed E-state index contributed by atoms with van der Waals surface area (Å²) in [5.74, 6) is 0.983. The molecular weight excluding hydrogens is 236 g/mol. The van der Waals surface area contributed by atoms with Crippen LogP contribution in [0.1, 0.15) is 38.7 Å². The van der Waals surface area contributed by atoms with Crippen molar-refractivity contribution in [1.82, 2.24) is 10.6 Å². The molecule has 0 spiro atoms. The van der Waals surface area contributed by atoms with Crippen molar-refractivity contribution in [2.75, 3.05) is 13.6 Å². The summed E-state index contributed by atoms with van der Waals surface area (Å²) >= 11 is 0. The van der Waals surface area contributed by atoms with Gasteiger partial charge in [0.1, 0.15) is 0 Å². The molecule has 106 valence electrons. The van der Waals surface area contributed by atoms with Crippen LogP contribution in [0, 0.1) is 5.92 Å². The smallest absolute Gasteiger partial charge is 0.236 e. The Bertz CT molecular complexity index is 376. The lowest BCUT2D eigenvalue weighted by Crippen LogP contribution is -2.44. The maximum absolute atomic E-state index is 11.8. The van der Waals surface area contributed by atoms with Gasteiger partial charge in [-0.05, 0) is 23.8 Å². The quantitative estimate of drug-likeness (QED) is 0.793. The van der Waals surface area contributed by atoms with Crippen molar-refractivity contribution in [2.45, 2.75) is 39.2 Å². The summed E-state index contributed by atoms with van der Waals surface area (Å²) in [6.45, 7) is 7.27. The zero-order valence-electron chi connectivity index (χ0n) is 12.4. The minimum absolute atomic E-state index is 0.0777. The van der Waals surface area contributed by atoms with Crippen molar-refractivity contribution in [3.8, 4) is 0 Å². The molecule has 3 nitrogen and oxygen atoms in total. The molecule has 19 heavy (non-hydrogen) atoms. The first-order chi connectivity index (χ1) is 9.04. The number of likely N-dealkylation sites (N-methyl/N-ethyl adjacent to an activating group) is 1. The first-order valence-corrected chi connectivity index (χ1v) is 7.04. The van der Waals surface area contributed by atoms with Gasteiger partial charge < -0.3 is 10.6 Å². The van der Waals surface area contributed by atoms with Crippen molar-refractivity contribution < 1.29 is 4.79 Å². The minimum atomic E-state index is -0.101. The number of rotatable bonds is 7. The number of nitrogens with one attached hydrogen (secondary N) is 2. The normalized spacial score (nSPS) is 14.2. The van der Waals surface area contributed by atoms with Crippen LogP contribution in [0.25, 0.3) is 0 Å². The molecule has 1 aromatic carbocycles. The minimum Gasteiger partial charge on any atom is -0.358 e. The van der Waals surface area contributed by atoms with E-state index in [-0.39, 0.29) is 11.9 Å². The van der Waals surface area contributed by atoms with Gasteiger partial charge in [0, 0.05) is 13.6 Å². The van der Waals surface area contributed by atoms with E-state index in [0.717, 1.165) is 13.0 Å². The van der Waals surface area contributed by atoms with Gasteiger partial charge in [-0.15, -0.1) is 0 Å². The summed E-state index contributed by atoms with van der Waals surface area (Å²) in [6.07, 6.45) is 0.862. The van der Waals surface area contributed by atoms with Crippen LogP contribution in [0.2, 0.25) is 0 Å². The molecule has 3 heteroatoms. The Morgan fingerprint density at radius 3 is 2.32 bits per heavy atom. The molecule has 0 aliphatic rings. The number of hydrogen-bond acceptors (Lipinski definition) is 2. The molecule has 0 saturated heterocycles. The van der Waals surface area contributed by atoms with E-state index in [1.54, 1.807) is 7.05 Å². The molecule has 1 rings (SSSR count). The Morgan fingerprint density at radius 1 is 1.16 bits per heavy atom. The lowest BCUT2D eigenvalue weighted by Gasteiger charge is -2.21. The standard InChI is InChI=1S/C16H26N2O/c1-12(2)10-15(16(19)17-4)18-11-13(3)14-8-6-5-7-9-14/h5-9,12-13,15,18H,10-11H2,1-4H3,(H,17,19). The monoisotopic (exact) mass is 262 g/mol. The van der Waals surface area contributed by atoms with E-state index in [4.69, 9.17) is 0 Å². The summed E-state index contributed by atoms with van der Waals surface area (Å²) in [4.78, 5) is 11.8. The van der Waals surface area contributed by atoms with Crippen molar-refractivity contribution in [3.05, 3.63) is 35.9 Å². The fourth-order valence-electron chi connectivity index (χ4n) is 2.15. The average molecular weight is 262 g/mol. The molecule has 2 unspecified atom stereocenters. The molecule has 1 aromatic rings. The highest BCUT2D eigenvalue weighted by Crippen LogP contribution is 2.14. The summed E-state index contributed by atoms with van der Waals surface area (Å²) in [5.41, 5.74) is 1.30. The van der Waals surface area contributed by atoms with Gasteiger partial charge in [0.2, 0.25) is 5.91 Å². The largest absolute Gasteiger partial charge is 0.358 e. The van der Waals surface area contributed by atoms with Crippen LogP contribution in [-0.4, -0.2) is 25.5 Å². The van der Waals surface area contributed by atoms with Gasteiger partial charge in [0.25, 0.3) is 0 Å². The number of hydrogen-bond donors (Lipinski definition) is 2. The van der Waals surface area contributed by atoms with Crippen LogP contribution in [0.5, 0.6) is 0 Å². The highest BCUT2D eigenvalue weighted by molar-refractivity contribution is 5.81. The lowest BCUT2D eigenvalue weighted by atomic mass is 9.99. The average Bonchev–Trinajstić information content (AvgIpc) is 2.42. The van der Waals surface area contributed by atoms with Gasteiger partial charge in [-0.2, -0.15) is 0 Å². The second kappa shape index (κ2) is 7.95. The number of carbonyl (C=O) groups is 1. The van der Waals surface area contributed by atoms with Crippen LogP contribution < -0.4 is 10.6 Å². The summed E-state index contributed by atoms with van der Waals surface area (Å²) in [7, 11) is 1.69. The fourth-order valence-corrected chi connectivity index (χ4v) is 2.15.